The van der Waals surface area contributed by atoms with Gasteiger partial charge in [0, 0.05) is 48.9 Å². The number of nitrogens with zero attached hydrogens (tertiary/aromatic N) is 2. The highest BCUT2D eigenvalue weighted by molar-refractivity contribution is 7.11. The van der Waals surface area contributed by atoms with Crippen LogP contribution in [0.3, 0.4) is 0 Å². The summed E-state index contributed by atoms with van der Waals surface area (Å²) in [5.41, 5.74) is 4.05. The highest BCUT2D eigenvalue weighted by atomic mass is 32.1. The zero-order chi connectivity index (χ0) is 13.9. The third-order valence-electron chi connectivity index (χ3n) is 3.78. The lowest BCUT2D eigenvalue weighted by Crippen LogP contribution is -2.30. The van der Waals surface area contributed by atoms with Crippen molar-refractivity contribution in [3.8, 4) is 0 Å². The predicted molar refractivity (Wildman–Crippen MR) is 81.8 cm³/mol. The maximum absolute atomic E-state index is 5.27. The van der Waals surface area contributed by atoms with Crippen LogP contribution in [0.5, 0.6) is 0 Å². The van der Waals surface area contributed by atoms with Gasteiger partial charge >= 0.3 is 0 Å². The maximum Gasteiger partial charge on any atom is 0.0730 e. The van der Waals surface area contributed by atoms with Crippen molar-refractivity contribution >= 4 is 11.3 Å². The van der Waals surface area contributed by atoms with Gasteiger partial charge in [0.05, 0.1) is 6.61 Å². The van der Waals surface area contributed by atoms with Crippen LogP contribution < -0.4 is 0 Å². The molecular formula is C16H20N2OS. The van der Waals surface area contributed by atoms with E-state index in [0.29, 0.717) is 6.61 Å². The van der Waals surface area contributed by atoms with Crippen molar-refractivity contribution in [1.82, 2.24) is 9.88 Å². The molecule has 0 radical (unpaired) electrons. The number of methoxy groups -OCH3 is 1. The Morgan fingerprint density at radius 3 is 3.00 bits per heavy atom. The molecule has 20 heavy (non-hydrogen) atoms. The number of pyridine rings is 1. The van der Waals surface area contributed by atoms with Crippen molar-refractivity contribution in [3.63, 3.8) is 0 Å². The van der Waals surface area contributed by atoms with Crippen molar-refractivity contribution in [2.24, 2.45) is 0 Å². The first kappa shape index (κ1) is 13.7. The molecule has 2 aromatic rings. The molecule has 0 atom stereocenters. The van der Waals surface area contributed by atoms with Crippen LogP contribution >= 0.6 is 11.3 Å². The van der Waals surface area contributed by atoms with Gasteiger partial charge in [-0.1, -0.05) is 0 Å². The minimum absolute atomic E-state index is 0.667. The van der Waals surface area contributed by atoms with Gasteiger partial charge in [0.15, 0.2) is 0 Å². The molecule has 3 nitrogen and oxygen atoms in total. The first-order valence-electron chi connectivity index (χ1n) is 6.97. The van der Waals surface area contributed by atoms with Gasteiger partial charge in [0.1, 0.15) is 0 Å². The van der Waals surface area contributed by atoms with E-state index >= 15 is 0 Å². The van der Waals surface area contributed by atoms with E-state index in [4.69, 9.17) is 4.74 Å². The molecule has 0 N–H and O–H groups in total. The smallest absolute Gasteiger partial charge is 0.0730 e. The summed E-state index contributed by atoms with van der Waals surface area (Å²) in [6.45, 7) is 5.99. The van der Waals surface area contributed by atoms with Gasteiger partial charge in [-0.15, -0.1) is 11.3 Å². The summed E-state index contributed by atoms with van der Waals surface area (Å²) >= 11 is 1.90. The molecule has 0 bridgehead atoms. The zero-order valence-corrected chi connectivity index (χ0v) is 12.9. The number of fused-ring (bicyclic) bond motifs is 1. The molecule has 0 fully saturated rings. The van der Waals surface area contributed by atoms with Gasteiger partial charge in [0.25, 0.3) is 0 Å². The monoisotopic (exact) mass is 288 g/mol. The van der Waals surface area contributed by atoms with Crippen LogP contribution in [-0.4, -0.2) is 23.5 Å². The van der Waals surface area contributed by atoms with Gasteiger partial charge in [-0.2, -0.15) is 0 Å². The lowest BCUT2D eigenvalue weighted by molar-refractivity contribution is 0.181. The number of aryl methyl sites for hydroxylation is 1. The molecule has 1 aliphatic heterocycles. The molecule has 0 saturated carbocycles. The number of aromatic nitrogens is 1. The van der Waals surface area contributed by atoms with Gasteiger partial charge in [-0.05, 0) is 42.2 Å². The third-order valence-corrected chi connectivity index (χ3v) is 4.77. The molecule has 0 amide bonds. The number of thiophene rings is 1. The van der Waals surface area contributed by atoms with Gasteiger partial charge in [-0.25, -0.2) is 0 Å². The molecule has 0 aromatic carbocycles. The minimum Gasteiger partial charge on any atom is -0.380 e. The molecule has 106 valence electrons. The Hall–Kier alpha value is -1.23. The molecule has 2 aromatic heterocycles. The van der Waals surface area contributed by atoms with Crippen molar-refractivity contribution in [2.45, 2.75) is 33.0 Å². The van der Waals surface area contributed by atoms with E-state index in [9.17, 15) is 0 Å². The minimum atomic E-state index is 0.667. The second kappa shape index (κ2) is 6.04. The quantitative estimate of drug-likeness (QED) is 0.864. The van der Waals surface area contributed by atoms with Crippen LogP contribution in [0.1, 0.15) is 26.4 Å². The number of rotatable bonds is 4. The lowest BCUT2D eigenvalue weighted by atomic mass is 9.97. The topological polar surface area (TPSA) is 25.4 Å². The highest BCUT2D eigenvalue weighted by Gasteiger charge is 2.19. The summed E-state index contributed by atoms with van der Waals surface area (Å²) < 4.78 is 5.27. The standard InChI is InChI=1S/C16H20N2OS/c1-12-3-4-15(20-12)10-18-6-5-16-13(9-18)7-17-8-14(16)11-19-2/h3-4,7-8H,5-6,9-11H2,1-2H3. The average molecular weight is 288 g/mol. The van der Waals surface area contributed by atoms with Crippen LogP contribution in [0, 0.1) is 6.92 Å². The Labute approximate surface area is 124 Å². The highest BCUT2D eigenvalue weighted by Crippen LogP contribution is 2.25. The van der Waals surface area contributed by atoms with E-state index in [1.807, 2.05) is 23.7 Å². The maximum atomic E-state index is 5.27. The molecule has 0 aliphatic carbocycles. The average Bonchev–Trinajstić information content (AvgIpc) is 2.84. The Balaban J connectivity index is 1.73. The normalized spacial score (nSPS) is 15.3. The Bertz CT molecular complexity index is 594. The molecule has 1 aliphatic rings. The van der Waals surface area contributed by atoms with Gasteiger partial charge < -0.3 is 4.74 Å². The van der Waals surface area contributed by atoms with E-state index in [0.717, 1.165) is 26.1 Å². The van der Waals surface area contributed by atoms with Crippen LogP contribution in [0.15, 0.2) is 24.5 Å². The molecule has 0 spiro atoms. The fourth-order valence-electron chi connectivity index (χ4n) is 2.83. The summed E-state index contributed by atoms with van der Waals surface area (Å²) in [5, 5.41) is 0. The molecule has 4 heteroatoms. The van der Waals surface area contributed by atoms with Crippen LogP contribution in [0.2, 0.25) is 0 Å². The summed E-state index contributed by atoms with van der Waals surface area (Å²) in [6, 6.07) is 4.45. The van der Waals surface area contributed by atoms with Crippen LogP contribution in [0.4, 0.5) is 0 Å². The number of ether oxygens (including phenoxy) is 1. The summed E-state index contributed by atoms with van der Waals surface area (Å²) in [4.78, 5) is 9.71. The summed E-state index contributed by atoms with van der Waals surface area (Å²) in [6.07, 6.45) is 5.06. The second-order valence-electron chi connectivity index (χ2n) is 5.34. The van der Waals surface area contributed by atoms with Crippen molar-refractivity contribution < 1.29 is 4.74 Å². The van der Waals surface area contributed by atoms with E-state index < -0.39 is 0 Å². The molecule has 0 saturated heterocycles. The van der Waals surface area contributed by atoms with Crippen molar-refractivity contribution in [3.05, 3.63) is 51.0 Å². The molecule has 3 heterocycles. The predicted octanol–water partition coefficient (Wildman–Crippen LogP) is 3.16. The Morgan fingerprint density at radius 1 is 1.35 bits per heavy atom. The molecule has 3 rings (SSSR count). The van der Waals surface area contributed by atoms with Gasteiger partial charge in [0.2, 0.25) is 0 Å². The van der Waals surface area contributed by atoms with Crippen molar-refractivity contribution in [1.29, 1.82) is 0 Å². The number of hydrogen-bond acceptors (Lipinski definition) is 4. The SMILES string of the molecule is COCc1cncc2c1CCN(Cc1ccc(C)s1)C2. The zero-order valence-electron chi connectivity index (χ0n) is 12.1. The van der Waals surface area contributed by atoms with E-state index in [1.54, 1.807) is 7.11 Å². The van der Waals surface area contributed by atoms with E-state index in [-0.39, 0.29) is 0 Å². The van der Waals surface area contributed by atoms with E-state index in [2.05, 4.69) is 28.9 Å². The van der Waals surface area contributed by atoms with Crippen LogP contribution in [0.25, 0.3) is 0 Å². The van der Waals surface area contributed by atoms with E-state index in [1.165, 1.54) is 26.4 Å². The first-order valence-corrected chi connectivity index (χ1v) is 7.79. The van der Waals surface area contributed by atoms with Crippen molar-refractivity contribution in [2.75, 3.05) is 13.7 Å². The first-order chi connectivity index (χ1) is 9.76. The number of hydrogen-bond donors (Lipinski definition) is 0. The molecular weight excluding hydrogens is 268 g/mol. The Kier molecular flexibility index (Phi) is 4.15. The second-order valence-corrected chi connectivity index (χ2v) is 6.71. The fraction of sp³-hybridized carbons (Fsp3) is 0.438. The fourth-order valence-corrected chi connectivity index (χ4v) is 3.76. The third kappa shape index (κ3) is 2.92. The van der Waals surface area contributed by atoms with Crippen LogP contribution in [-0.2, 0) is 30.9 Å². The summed E-state index contributed by atoms with van der Waals surface area (Å²) in [7, 11) is 1.74. The lowest BCUT2D eigenvalue weighted by Gasteiger charge is -2.29. The Morgan fingerprint density at radius 2 is 2.25 bits per heavy atom. The largest absolute Gasteiger partial charge is 0.380 e. The molecule has 0 unspecified atom stereocenters. The summed E-state index contributed by atoms with van der Waals surface area (Å²) in [5.74, 6) is 0. The van der Waals surface area contributed by atoms with Gasteiger partial charge in [-0.3, -0.25) is 9.88 Å².